The number of aryl methyl sites for hydroxylation is 1. The van der Waals surface area contributed by atoms with Crippen LogP contribution in [0, 0.1) is 6.92 Å². The molecular weight excluding hydrogens is 290 g/mol. The van der Waals surface area contributed by atoms with Gasteiger partial charge in [0.25, 0.3) is 0 Å². The Labute approximate surface area is 136 Å². The molecule has 0 heterocycles. The predicted molar refractivity (Wildman–Crippen MR) is 91.0 cm³/mol. The van der Waals surface area contributed by atoms with Crippen molar-refractivity contribution >= 4 is 17.4 Å². The van der Waals surface area contributed by atoms with Gasteiger partial charge < -0.3 is 10.1 Å². The fraction of sp³-hybridized carbons (Fsp3) is 0.263. The lowest BCUT2D eigenvalue weighted by molar-refractivity contribution is -0.116. The lowest BCUT2D eigenvalue weighted by Gasteiger charge is -2.07. The van der Waals surface area contributed by atoms with Gasteiger partial charge >= 0.3 is 0 Å². The van der Waals surface area contributed by atoms with Gasteiger partial charge in [0.05, 0.1) is 6.61 Å². The molecular formula is C19H21NO3. The first-order chi connectivity index (χ1) is 11.1. The van der Waals surface area contributed by atoms with Crippen molar-refractivity contribution in [2.75, 3.05) is 11.9 Å². The maximum atomic E-state index is 12.0. The van der Waals surface area contributed by atoms with Gasteiger partial charge in [0, 0.05) is 24.1 Å². The van der Waals surface area contributed by atoms with Crippen molar-refractivity contribution < 1.29 is 14.3 Å². The Hall–Kier alpha value is -2.62. The Morgan fingerprint density at radius 3 is 2.22 bits per heavy atom. The number of hydrogen-bond donors (Lipinski definition) is 1. The van der Waals surface area contributed by atoms with Crippen LogP contribution in [0.25, 0.3) is 0 Å². The van der Waals surface area contributed by atoms with Crippen LogP contribution in [0.5, 0.6) is 5.75 Å². The van der Waals surface area contributed by atoms with Crippen molar-refractivity contribution in [3.05, 3.63) is 59.7 Å². The second-order valence-corrected chi connectivity index (χ2v) is 5.29. The number of Topliss-reactive ketones (excluding diaryl/α,β-unsaturated/α-hetero) is 1. The zero-order valence-corrected chi connectivity index (χ0v) is 13.5. The van der Waals surface area contributed by atoms with Gasteiger partial charge in [0.1, 0.15) is 5.75 Å². The average molecular weight is 311 g/mol. The molecule has 0 radical (unpaired) electrons. The molecule has 0 aliphatic heterocycles. The second-order valence-electron chi connectivity index (χ2n) is 5.29. The van der Waals surface area contributed by atoms with Gasteiger partial charge in [-0.1, -0.05) is 29.8 Å². The number of rotatable bonds is 7. The monoisotopic (exact) mass is 311 g/mol. The Bertz CT molecular complexity index is 660. The molecule has 0 unspecified atom stereocenters. The largest absolute Gasteiger partial charge is 0.494 e. The molecule has 1 amide bonds. The summed E-state index contributed by atoms with van der Waals surface area (Å²) in [7, 11) is 0. The maximum absolute atomic E-state index is 12.0. The van der Waals surface area contributed by atoms with Crippen molar-refractivity contribution in [2.45, 2.75) is 26.7 Å². The van der Waals surface area contributed by atoms with E-state index in [0.717, 1.165) is 11.3 Å². The molecule has 4 nitrogen and oxygen atoms in total. The molecule has 1 N–H and O–H groups in total. The van der Waals surface area contributed by atoms with Gasteiger partial charge in [-0.05, 0) is 38.1 Å². The third kappa shape index (κ3) is 5.25. The van der Waals surface area contributed by atoms with Gasteiger partial charge in [-0.25, -0.2) is 0 Å². The quantitative estimate of drug-likeness (QED) is 0.786. The molecule has 0 fully saturated rings. The number of nitrogens with one attached hydrogen (secondary N) is 1. The summed E-state index contributed by atoms with van der Waals surface area (Å²) >= 11 is 0. The molecule has 2 rings (SSSR count). The fourth-order valence-corrected chi connectivity index (χ4v) is 2.14. The summed E-state index contributed by atoms with van der Waals surface area (Å²) in [6.07, 6.45) is 0.367. The molecule has 0 bridgehead atoms. The first-order valence-corrected chi connectivity index (χ1v) is 7.71. The number of anilines is 1. The van der Waals surface area contributed by atoms with Crippen molar-refractivity contribution in [3.63, 3.8) is 0 Å². The summed E-state index contributed by atoms with van der Waals surface area (Å²) < 4.78 is 5.34. The van der Waals surface area contributed by atoms with Gasteiger partial charge in [-0.2, -0.15) is 0 Å². The van der Waals surface area contributed by atoms with E-state index in [1.807, 2.05) is 26.0 Å². The van der Waals surface area contributed by atoms with E-state index in [9.17, 15) is 9.59 Å². The molecule has 23 heavy (non-hydrogen) atoms. The minimum Gasteiger partial charge on any atom is -0.494 e. The highest BCUT2D eigenvalue weighted by Gasteiger charge is 2.09. The highest BCUT2D eigenvalue weighted by Crippen LogP contribution is 2.16. The average Bonchev–Trinajstić information content (AvgIpc) is 2.55. The maximum Gasteiger partial charge on any atom is 0.224 e. The minimum absolute atomic E-state index is 0.0214. The van der Waals surface area contributed by atoms with E-state index in [0.29, 0.717) is 17.9 Å². The Kier molecular flexibility index (Phi) is 5.92. The summed E-state index contributed by atoms with van der Waals surface area (Å²) in [5, 5.41) is 2.78. The summed E-state index contributed by atoms with van der Waals surface area (Å²) in [5.41, 5.74) is 2.44. The molecule has 0 saturated heterocycles. The first-order valence-electron chi connectivity index (χ1n) is 7.71. The van der Waals surface area contributed by atoms with Crippen molar-refractivity contribution in [2.24, 2.45) is 0 Å². The molecule has 120 valence electrons. The van der Waals surface area contributed by atoms with Crippen LogP contribution < -0.4 is 10.1 Å². The van der Waals surface area contributed by atoms with E-state index in [2.05, 4.69) is 5.32 Å². The van der Waals surface area contributed by atoms with Crippen LogP contribution >= 0.6 is 0 Å². The number of ketones is 1. The summed E-state index contributed by atoms with van der Waals surface area (Å²) in [4.78, 5) is 24.0. The van der Waals surface area contributed by atoms with Crippen LogP contribution in [0.15, 0.2) is 48.5 Å². The number of amides is 1. The molecule has 0 saturated carbocycles. The number of carbonyl (C=O) groups excluding carboxylic acids is 2. The lowest BCUT2D eigenvalue weighted by atomic mass is 10.0. The van der Waals surface area contributed by atoms with Gasteiger partial charge in [0.15, 0.2) is 5.78 Å². The predicted octanol–water partition coefficient (Wildman–Crippen LogP) is 4.00. The molecule has 0 atom stereocenters. The SMILES string of the molecule is CCOc1ccc(NC(=O)CCC(=O)c2ccc(C)cc2)cc1. The molecule has 0 spiro atoms. The molecule has 4 heteroatoms. The van der Waals surface area contributed by atoms with Crippen LogP contribution in [0.2, 0.25) is 0 Å². The van der Waals surface area contributed by atoms with Gasteiger partial charge in [-0.15, -0.1) is 0 Å². The highest BCUT2D eigenvalue weighted by atomic mass is 16.5. The van der Waals surface area contributed by atoms with Crippen molar-refractivity contribution in [3.8, 4) is 5.75 Å². The summed E-state index contributed by atoms with van der Waals surface area (Å²) in [6, 6.07) is 14.5. The van der Waals surface area contributed by atoms with E-state index in [1.165, 1.54) is 0 Å². The molecule has 2 aromatic rings. The van der Waals surface area contributed by atoms with E-state index in [1.54, 1.807) is 36.4 Å². The van der Waals surface area contributed by atoms with Crippen LogP contribution in [0.4, 0.5) is 5.69 Å². The highest BCUT2D eigenvalue weighted by molar-refractivity contribution is 6.00. The molecule has 2 aromatic carbocycles. The van der Waals surface area contributed by atoms with E-state index in [-0.39, 0.29) is 24.5 Å². The number of carbonyl (C=O) groups is 2. The zero-order valence-electron chi connectivity index (χ0n) is 13.5. The van der Waals surface area contributed by atoms with Crippen molar-refractivity contribution in [1.82, 2.24) is 0 Å². The topological polar surface area (TPSA) is 55.4 Å². The van der Waals surface area contributed by atoms with E-state index >= 15 is 0 Å². The van der Waals surface area contributed by atoms with Gasteiger partial charge in [-0.3, -0.25) is 9.59 Å². The van der Waals surface area contributed by atoms with E-state index in [4.69, 9.17) is 4.74 Å². The normalized spacial score (nSPS) is 10.2. The number of benzene rings is 2. The number of hydrogen-bond acceptors (Lipinski definition) is 3. The Morgan fingerprint density at radius 2 is 1.61 bits per heavy atom. The van der Waals surface area contributed by atoms with Crippen LogP contribution in [0.1, 0.15) is 35.7 Å². The smallest absolute Gasteiger partial charge is 0.224 e. The Morgan fingerprint density at radius 1 is 0.957 bits per heavy atom. The van der Waals surface area contributed by atoms with Crippen molar-refractivity contribution in [1.29, 1.82) is 0 Å². The minimum atomic E-state index is -0.172. The zero-order chi connectivity index (χ0) is 16.7. The number of ether oxygens (including phenoxy) is 1. The Balaban J connectivity index is 1.82. The summed E-state index contributed by atoms with van der Waals surface area (Å²) in [6.45, 7) is 4.49. The first kappa shape index (κ1) is 16.7. The van der Waals surface area contributed by atoms with Crippen LogP contribution in [-0.2, 0) is 4.79 Å². The van der Waals surface area contributed by atoms with Gasteiger partial charge in [0.2, 0.25) is 5.91 Å². The molecule has 0 aromatic heterocycles. The summed E-state index contributed by atoms with van der Waals surface area (Å²) in [5.74, 6) is 0.571. The lowest BCUT2D eigenvalue weighted by Crippen LogP contribution is -2.13. The third-order valence-electron chi connectivity index (χ3n) is 3.40. The molecule has 0 aliphatic rings. The fourth-order valence-electron chi connectivity index (χ4n) is 2.14. The molecule has 0 aliphatic carbocycles. The van der Waals surface area contributed by atoms with Crippen LogP contribution in [-0.4, -0.2) is 18.3 Å². The van der Waals surface area contributed by atoms with Crippen LogP contribution in [0.3, 0.4) is 0 Å². The van der Waals surface area contributed by atoms with E-state index < -0.39 is 0 Å². The standard InChI is InChI=1S/C19H21NO3/c1-3-23-17-10-8-16(9-11-17)20-19(22)13-12-18(21)15-6-4-14(2)5-7-15/h4-11H,3,12-13H2,1-2H3,(H,20,22). The third-order valence-corrected chi connectivity index (χ3v) is 3.40. The second kappa shape index (κ2) is 8.13.